The molecule has 0 aromatic carbocycles. The van der Waals surface area contributed by atoms with Gasteiger partial charge >= 0.3 is 12.1 Å². The number of ether oxygens (including phenoxy) is 2. The highest BCUT2D eigenvalue weighted by molar-refractivity contribution is 7.58. The maximum absolute atomic E-state index is 11.7. The molecular weight excluding hydrogens is 325 g/mol. The topological polar surface area (TPSA) is 119 Å². The molecule has 1 amide bonds. The molecular formula is C14H26NO7P. The third kappa shape index (κ3) is 10.9. The Bertz CT molecular complexity index is 470. The van der Waals surface area contributed by atoms with Gasteiger partial charge in [0.25, 0.3) is 0 Å². The Kier molecular flexibility index (Phi) is 9.09. The zero-order chi connectivity index (χ0) is 18.1. The third-order valence-corrected chi connectivity index (χ3v) is 4.57. The Labute approximate surface area is 136 Å². The van der Waals surface area contributed by atoms with Gasteiger partial charge in [-0.2, -0.15) is 0 Å². The quantitative estimate of drug-likeness (QED) is 0.370. The number of nitrogens with one attached hydrogen (secondary N) is 1. The average Bonchev–Trinajstić information content (AvgIpc) is 2.41. The number of carbonyl (C=O) groups is 3. The summed E-state index contributed by atoms with van der Waals surface area (Å²) >= 11 is 0. The smallest absolute Gasteiger partial charge is 0.410 e. The normalized spacial score (nSPS) is 13.8. The number of amides is 1. The van der Waals surface area contributed by atoms with Crippen LogP contribution in [0.25, 0.3) is 0 Å². The first-order chi connectivity index (χ1) is 10.5. The van der Waals surface area contributed by atoms with Crippen molar-refractivity contribution < 1.29 is 33.3 Å². The third-order valence-electron chi connectivity index (χ3n) is 2.71. The fourth-order valence-electron chi connectivity index (χ4n) is 1.39. The van der Waals surface area contributed by atoms with Gasteiger partial charge in [0.05, 0.1) is 18.1 Å². The van der Waals surface area contributed by atoms with Crippen LogP contribution in [0.15, 0.2) is 0 Å². The number of alkyl carbamates (subject to hydrolysis) is 1. The van der Waals surface area contributed by atoms with E-state index in [2.05, 4.69) is 10.1 Å². The molecule has 2 N–H and O–H groups in total. The van der Waals surface area contributed by atoms with E-state index in [0.717, 1.165) is 6.42 Å². The molecule has 9 heteroatoms. The largest absolute Gasteiger partial charge is 0.427 e. The standard InChI is InChI=1S/C14H26NO7P/c1-5-6-7-23(19,20)9-11(16)8-15-13(18)22-10-21-12(17)14(2,3)4/h5-10H2,1-4H3,(H,15,18)(H,19,20). The van der Waals surface area contributed by atoms with Crippen LogP contribution in [0.5, 0.6) is 0 Å². The van der Waals surface area contributed by atoms with Gasteiger partial charge in [-0.15, -0.1) is 0 Å². The van der Waals surface area contributed by atoms with Crippen molar-refractivity contribution in [3.05, 3.63) is 0 Å². The number of carbonyl (C=O) groups excluding carboxylic acids is 3. The fraction of sp³-hybridized carbons (Fsp3) is 0.786. The van der Waals surface area contributed by atoms with Gasteiger partial charge in [0.1, 0.15) is 0 Å². The SMILES string of the molecule is CCCCP(=O)(O)CC(=O)CNC(=O)OCOC(=O)C(C)(C)C. The molecule has 1 atom stereocenters. The summed E-state index contributed by atoms with van der Waals surface area (Å²) < 4.78 is 21.0. The Morgan fingerprint density at radius 3 is 2.30 bits per heavy atom. The van der Waals surface area contributed by atoms with Crippen LogP contribution in [0.2, 0.25) is 0 Å². The summed E-state index contributed by atoms with van der Waals surface area (Å²) in [6, 6.07) is 0. The maximum Gasteiger partial charge on any atom is 0.410 e. The van der Waals surface area contributed by atoms with Crippen LogP contribution >= 0.6 is 7.37 Å². The van der Waals surface area contributed by atoms with Gasteiger partial charge < -0.3 is 19.7 Å². The number of hydrogen-bond acceptors (Lipinski definition) is 6. The number of hydrogen-bond donors (Lipinski definition) is 2. The predicted molar refractivity (Wildman–Crippen MR) is 84.4 cm³/mol. The molecule has 8 nitrogen and oxygen atoms in total. The first kappa shape index (κ1) is 21.6. The van der Waals surface area contributed by atoms with E-state index in [9.17, 15) is 23.8 Å². The van der Waals surface area contributed by atoms with Gasteiger partial charge in [-0.1, -0.05) is 13.3 Å². The Morgan fingerprint density at radius 1 is 1.17 bits per heavy atom. The van der Waals surface area contributed by atoms with Gasteiger partial charge in [-0.25, -0.2) is 4.79 Å². The van der Waals surface area contributed by atoms with Gasteiger partial charge in [0, 0.05) is 6.16 Å². The molecule has 0 saturated carbocycles. The lowest BCUT2D eigenvalue weighted by Crippen LogP contribution is -2.33. The number of rotatable bonds is 9. The van der Waals surface area contributed by atoms with Crippen molar-refractivity contribution in [2.24, 2.45) is 5.41 Å². The van der Waals surface area contributed by atoms with Crippen LogP contribution in [0.4, 0.5) is 4.79 Å². The molecule has 0 aliphatic carbocycles. The molecule has 23 heavy (non-hydrogen) atoms. The minimum absolute atomic E-state index is 0.0858. The molecule has 0 rings (SSSR count). The highest BCUT2D eigenvalue weighted by atomic mass is 31.2. The van der Waals surface area contributed by atoms with E-state index in [4.69, 9.17) is 4.74 Å². The predicted octanol–water partition coefficient (Wildman–Crippen LogP) is 1.90. The lowest BCUT2D eigenvalue weighted by molar-refractivity contribution is -0.161. The minimum Gasteiger partial charge on any atom is -0.427 e. The summed E-state index contributed by atoms with van der Waals surface area (Å²) in [5, 5.41) is 2.14. The zero-order valence-corrected chi connectivity index (χ0v) is 15.0. The van der Waals surface area contributed by atoms with Crippen molar-refractivity contribution in [2.75, 3.05) is 25.7 Å². The van der Waals surface area contributed by atoms with E-state index in [1.165, 1.54) is 0 Å². The lowest BCUT2D eigenvalue weighted by Gasteiger charge is -2.16. The monoisotopic (exact) mass is 351 g/mol. The fourth-order valence-corrected chi connectivity index (χ4v) is 3.02. The van der Waals surface area contributed by atoms with E-state index < -0.39 is 50.1 Å². The Morgan fingerprint density at radius 2 is 1.78 bits per heavy atom. The first-order valence-electron chi connectivity index (χ1n) is 7.38. The molecule has 0 aliphatic heterocycles. The van der Waals surface area contributed by atoms with Crippen molar-refractivity contribution >= 4 is 25.2 Å². The lowest BCUT2D eigenvalue weighted by atomic mass is 9.98. The molecule has 0 aliphatic rings. The number of Topliss-reactive ketones (excluding diaryl/α,β-unsaturated/α-hetero) is 1. The second kappa shape index (κ2) is 9.67. The summed E-state index contributed by atoms with van der Waals surface area (Å²) in [5.41, 5.74) is -0.712. The molecule has 134 valence electrons. The number of esters is 1. The van der Waals surface area contributed by atoms with Crippen LogP contribution in [0, 0.1) is 5.41 Å². The van der Waals surface area contributed by atoms with Crippen LogP contribution < -0.4 is 5.32 Å². The molecule has 0 radical (unpaired) electrons. The van der Waals surface area contributed by atoms with Gasteiger partial charge in [-0.05, 0) is 27.2 Å². The van der Waals surface area contributed by atoms with Crippen molar-refractivity contribution in [3.63, 3.8) is 0 Å². The van der Waals surface area contributed by atoms with Gasteiger partial charge in [0.2, 0.25) is 14.2 Å². The van der Waals surface area contributed by atoms with Crippen LogP contribution in [-0.4, -0.2) is 48.4 Å². The molecule has 0 bridgehead atoms. The van der Waals surface area contributed by atoms with E-state index in [-0.39, 0.29) is 6.16 Å². The number of ketones is 1. The zero-order valence-electron chi connectivity index (χ0n) is 14.1. The average molecular weight is 351 g/mol. The van der Waals surface area contributed by atoms with Crippen molar-refractivity contribution in [1.29, 1.82) is 0 Å². The van der Waals surface area contributed by atoms with E-state index in [1.807, 2.05) is 6.92 Å². The summed E-state index contributed by atoms with van der Waals surface area (Å²) in [4.78, 5) is 43.9. The summed E-state index contributed by atoms with van der Waals surface area (Å²) in [6.45, 7) is 5.86. The van der Waals surface area contributed by atoms with Crippen molar-refractivity contribution in [2.45, 2.75) is 40.5 Å². The van der Waals surface area contributed by atoms with E-state index in [0.29, 0.717) is 6.42 Å². The van der Waals surface area contributed by atoms with Crippen LogP contribution in [0.3, 0.4) is 0 Å². The summed E-state index contributed by atoms with van der Waals surface area (Å²) in [6.07, 6.45) is -0.0116. The minimum atomic E-state index is -3.49. The van der Waals surface area contributed by atoms with Gasteiger partial charge in [-0.3, -0.25) is 14.2 Å². The second-order valence-corrected chi connectivity index (χ2v) is 8.66. The van der Waals surface area contributed by atoms with E-state index in [1.54, 1.807) is 20.8 Å². The Hall–Kier alpha value is -1.40. The highest BCUT2D eigenvalue weighted by Gasteiger charge is 2.24. The van der Waals surface area contributed by atoms with Gasteiger partial charge in [0.15, 0.2) is 5.78 Å². The molecule has 0 heterocycles. The number of unbranched alkanes of at least 4 members (excludes halogenated alkanes) is 1. The van der Waals surface area contributed by atoms with Crippen molar-refractivity contribution in [1.82, 2.24) is 5.32 Å². The molecule has 1 unspecified atom stereocenters. The summed E-state index contributed by atoms with van der Waals surface area (Å²) in [5.74, 6) is -1.09. The first-order valence-corrected chi connectivity index (χ1v) is 9.41. The van der Waals surface area contributed by atoms with Crippen LogP contribution in [0.1, 0.15) is 40.5 Å². The van der Waals surface area contributed by atoms with Crippen LogP contribution in [-0.2, 0) is 23.6 Å². The van der Waals surface area contributed by atoms with E-state index >= 15 is 0 Å². The maximum atomic E-state index is 11.7. The molecule has 0 saturated heterocycles. The molecule has 0 fully saturated rings. The second-order valence-electron chi connectivity index (χ2n) is 6.21. The highest BCUT2D eigenvalue weighted by Crippen LogP contribution is 2.40. The Balaban J connectivity index is 3.99. The van der Waals surface area contributed by atoms with Crippen molar-refractivity contribution in [3.8, 4) is 0 Å². The molecule has 0 spiro atoms. The molecule has 0 aromatic rings. The summed E-state index contributed by atoms with van der Waals surface area (Å²) in [7, 11) is -3.49. The molecule has 0 aromatic heterocycles.